The monoisotopic (exact) mass is 320 g/mol. The van der Waals surface area contributed by atoms with Gasteiger partial charge in [0, 0.05) is 5.56 Å². The van der Waals surface area contributed by atoms with Gasteiger partial charge >= 0.3 is 12.4 Å². The third kappa shape index (κ3) is 3.03. The summed E-state index contributed by atoms with van der Waals surface area (Å²) in [6.45, 7) is 0. The van der Waals surface area contributed by atoms with E-state index in [0.29, 0.717) is 0 Å². The van der Waals surface area contributed by atoms with E-state index in [1.807, 2.05) is 0 Å². The molecule has 2 aromatic rings. The molecular weight excluding hydrogens is 310 g/mol. The molecule has 1 nitrogen and oxygen atoms in total. The second kappa shape index (κ2) is 5.55. The molecule has 118 valence electrons. The van der Waals surface area contributed by atoms with E-state index in [4.69, 9.17) is 4.74 Å². The lowest BCUT2D eigenvalue weighted by Gasteiger charge is -2.18. The van der Waals surface area contributed by atoms with Crippen LogP contribution in [0.25, 0.3) is 11.1 Å². The lowest BCUT2D eigenvalue weighted by molar-refractivity contribution is -0.138. The highest BCUT2D eigenvalue weighted by molar-refractivity contribution is 5.75. The largest absolute Gasteiger partial charge is 0.495 e. The van der Waals surface area contributed by atoms with Gasteiger partial charge < -0.3 is 4.74 Å². The van der Waals surface area contributed by atoms with Gasteiger partial charge in [-0.05, 0) is 17.7 Å². The quantitative estimate of drug-likeness (QED) is 0.673. The topological polar surface area (TPSA) is 9.23 Å². The van der Waals surface area contributed by atoms with E-state index < -0.39 is 29.2 Å². The molecule has 0 N–H and O–H groups in total. The number of hydrogen-bond donors (Lipinski definition) is 0. The molecule has 0 amide bonds. The zero-order valence-electron chi connectivity index (χ0n) is 11.2. The van der Waals surface area contributed by atoms with Crippen LogP contribution in [-0.2, 0) is 12.4 Å². The van der Waals surface area contributed by atoms with Gasteiger partial charge in [0.25, 0.3) is 0 Å². The Hall–Kier alpha value is -2.18. The van der Waals surface area contributed by atoms with E-state index in [2.05, 4.69) is 0 Å². The van der Waals surface area contributed by atoms with Crippen LogP contribution in [0.5, 0.6) is 5.75 Å². The van der Waals surface area contributed by atoms with E-state index in [0.717, 1.165) is 31.4 Å². The third-order valence-electron chi connectivity index (χ3n) is 3.05. The summed E-state index contributed by atoms with van der Waals surface area (Å²) < 4.78 is 82.8. The van der Waals surface area contributed by atoms with Gasteiger partial charge in [0.05, 0.1) is 18.2 Å². The highest BCUT2D eigenvalue weighted by Gasteiger charge is 2.38. The summed E-state index contributed by atoms with van der Waals surface area (Å²) in [5.41, 5.74) is -2.76. The van der Waals surface area contributed by atoms with Gasteiger partial charge in [0.2, 0.25) is 0 Å². The van der Waals surface area contributed by atoms with Crippen molar-refractivity contribution < 1.29 is 31.1 Å². The van der Waals surface area contributed by atoms with E-state index in [-0.39, 0.29) is 11.1 Å². The molecule has 0 aromatic heterocycles. The van der Waals surface area contributed by atoms with Crippen LogP contribution in [-0.4, -0.2) is 7.11 Å². The molecule has 0 fully saturated rings. The first-order chi connectivity index (χ1) is 10.2. The Balaban J connectivity index is 2.75. The summed E-state index contributed by atoms with van der Waals surface area (Å²) in [6.07, 6.45) is -9.41. The van der Waals surface area contributed by atoms with Crippen molar-refractivity contribution in [2.24, 2.45) is 0 Å². The number of rotatable bonds is 2. The third-order valence-corrected chi connectivity index (χ3v) is 3.05. The van der Waals surface area contributed by atoms with Crippen LogP contribution >= 0.6 is 0 Å². The van der Waals surface area contributed by atoms with Crippen molar-refractivity contribution in [1.82, 2.24) is 0 Å². The van der Waals surface area contributed by atoms with Crippen molar-refractivity contribution in [3.8, 4) is 16.9 Å². The van der Waals surface area contributed by atoms with Crippen molar-refractivity contribution in [2.75, 3.05) is 7.11 Å². The van der Waals surface area contributed by atoms with Gasteiger partial charge in [0.1, 0.15) is 5.75 Å². The first kappa shape index (κ1) is 16.2. The molecule has 0 aliphatic heterocycles. The maximum atomic E-state index is 13.0. The molecule has 0 spiro atoms. The molecule has 0 aliphatic rings. The van der Waals surface area contributed by atoms with Gasteiger partial charge in [0.15, 0.2) is 0 Å². The Labute approximate surface area is 122 Å². The highest BCUT2D eigenvalue weighted by Crippen LogP contribution is 2.45. The average molecular weight is 320 g/mol. The normalized spacial score (nSPS) is 12.3. The summed E-state index contributed by atoms with van der Waals surface area (Å²) in [5, 5.41) is 0. The molecule has 2 aromatic carbocycles. The van der Waals surface area contributed by atoms with Gasteiger partial charge in [-0.1, -0.05) is 30.3 Å². The number of ether oxygens (including phenoxy) is 1. The molecule has 0 radical (unpaired) electrons. The summed E-state index contributed by atoms with van der Waals surface area (Å²) in [5.74, 6) is -0.633. The number of halogens is 6. The standard InChI is InChI=1S/C15H10F6O/c1-22-13-10(6-4-8-12(13)15(19,20)21)9-5-2-3-7-11(9)14(16,17)18/h2-8H,1H3. The summed E-state index contributed by atoms with van der Waals surface area (Å²) >= 11 is 0. The van der Waals surface area contributed by atoms with Crippen LogP contribution in [0, 0.1) is 0 Å². The molecule has 7 heteroatoms. The Kier molecular flexibility index (Phi) is 4.08. The van der Waals surface area contributed by atoms with Gasteiger partial charge in [-0.3, -0.25) is 0 Å². The maximum absolute atomic E-state index is 13.0. The molecule has 22 heavy (non-hydrogen) atoms. The SMILES string of the molecule is COc1c(-c2ccccc2C(F)(F)F)cccc1C(F)(F)F. The van der Waals surface area contributed by atoms with Gasteiger partial charge in [-0.15, -0.1) is 0 Å². The van der Waals surface area contributed by atoms with Crippen LogP contribution in [0.4, 0.5) is 26.3 Å². The molecular formula is C15H10F6O. The number of alkyl halides is 6. The van der Waals surface area contributed by atoms with Crippen LogP contribution in [0.1, 0.15) is 11.1 Å². The fourth-order valence-corrected chi connectivity index (χ4v) is 2.16. The minimum absolute atomic E-state index is 0.259. The van der Waals surface area contributed by atoms with Crippen molar-refractivity contribution in [2.45, 2.75) is 12.4 Å². The second-order valence-corrected chi connectivity index (χ2v) is 4.43. The minimum Gasteiger partial charge on any atom is -0.495 e. The summed E-state index contributed by atoms with van der Waals surface area (Å²) in [6, 6.07) is 7.40. The van der Waals surface area contributed by atoms with Crippen molar-refractivity contribution in [1.29, 1.82) is 0 Å². The lowest BCUT2D eigenvalue weighted by Crippen LogP contribution is -2.10. The number of para-hydroxylation sites is 1. The number of methoxy groups -OCH3 is 1. The summed E-state index contributed by atoms with van der Waals surface area (Å²) in [7, 11) is 0.990. The highest BCUT2D eigenvalue weighted by atomic mass is 19.4. The van der Waals surface area contributed by atoms with Crippen LogP contribution < -0.4 is 4.74 Å². The predicted octanol–water partition coefficient (Wildman–Crippen LogP) is 5.40. The molecule has 0 saturated heterocycles. The van der Waals surface area contributed by atoms with Crippen molar-refractivity contribution >= 4 is 0 Å². The van der Waals surface area contributed by atoms with Crippen LogP contribution in [0.3, 0.4) is 0 Å². The molecule has 0 bridgehead atoms. The molecule has 0 saturated carbocycles. The number of benzene rings is 2. The molecule has 0 heterocycles. The minimum atomic E-state index is -4.73. The van der Waals surface area contributed by atoms with E-state index >= 15 is 0 Å². The van der Waals surface area contributed by atoms with Gasteiger partial charge in [-0.2, -0.15) is 26.3 Å². The lowest BCUT2D eigenvalue weighted by atomic mass is 9.96. The molecule has 0 atom stereocenters. The first-order valence-corrected chi connectivity index (χ1v) is 6.07. The Morgan fingerprint density at radius 1 is 0.682 bits per heavy atom. The zero-order chi connectivity index (χ0) is 16.5. The van der Waals surface area contributed by atoms with Crippen molar-refractivity contribution in [3.05, 3.63) is 53.6 Å². The molecule has 2 rings (SSSR count). The van der Waals surface area contributed by atoms with E-state index in [1.165, 1.54) is 18.2 Å². The van der Waals surface area contributed by atoms with E-state index in [1.54, 1.807) is 0 Å². The fraction of sp³-hybridized carbons (Fsp3) is 0.200. The zero-order valence-corrected chi connectivity index (χ0v) is 11.2. The predicted molar refractivity (Wildman–Crippen MR) is 68.4 cm³/mol. The van der Waals surface area contributed by atoms with Crippen LogP contribution in [0.2, 0.25) is 0 Å². The number of hydrogen-bond acceptors (Lipinski definition) is 1. The molecule has 0 aliphatic carbocycles. The maximum Gasteiger partial charge on any atom is 0.419 e. The first-order valence-electron chi connectivity index (χ1n) is 6.07. The van der Waals surface area contributed by atoms with Crippen molar-refractivity contribution in [3.63, 3.8) is 0 Å². The Bertz CT molecular complexity index is 672. The molecule has 0 unspecified atom stereocenters. The Morgan fingerprint density at radius 3 is 1.73 bits per heavy atom. The van der Waals surface area contributed by atoms with Crippen LogP contribution in [0.15, 0.2) is 42.5 Å². The summed E-state index contributed by atoms with van der Waals surface area (Å²) in [4.78, 5) is 0. The smallest absolute Gasteiger partial charge is 0.419 e. The van der Waals surface area contributed by atoms with Gasteiger partial charge in [-0.25, -0.2) is 0 Å². The Morgan fingerprint density at radius 2 is 1.18 bits per heavy atom. The average Bonchev–Trinajstić information content (AvgIpc) is 2.44. The second-order valence-electron chi connectivity index (χ2n) is 4.43. The fourth-order valence-electron chi connectivity index (χ4n) is 2.16. The van der Waals surface area contributed by atoms with E-state index in [9.17, 15) is 26.3 Å².